The molecule has 3 rings (SSSR count). The smallest absolute Gasteiger partial charge is 0.221 e. The summed E-state index contributed by atoms with van der Waals surface area (Å²) in [5.41, 5.74) is 3.38. The van der Waals surface area contributed by atoms with Crippen LogP contribution in [0.3, 0.4) is 0 Å². The fraction of sp³-hybridized carbons (Fsp3) is 0.222. The minimum Gasteiger partial charge on any atom is -0.467 e. The van der Waals surface area contributed by atoms with Crippen LogP contribution in [0.5, 0.6) is 0 Å². The van der Waals surface area contributed by atoms with E-state index in [1.54, 1.807) is 17.1 Å². The van der Waals surface area contributed by atoms with Crippen LogP contribution in [0.1, 0.15) is 35.4 Å². The standard InChI is InChI=1S/C18H18ClN3O2/c1-11-10-14(16(19)12(2)17(11)21-13(3)23)18(15-6-4-9-24-15)22-8-5-7-20-22/h4-10,18H,1-3H3,(H,21,23). The summed E-state index contributed by atoms with van der Waals surface area (Å²) in [6.45, 7) is 5.32. The number of hydrogen-bond acceptors (Lipinski definition) is 3. The minimum atomic E-state index is -0.272. The molecule has 1 amide bonds. The third-order valence-electron chi connectivity index (χ3n) is 3.92. The van der Waals surface area contributed by atoms with Crippen LogP contribution in [0.25, 0.3) is 0 Å². The normalized spacial score (nSPS) is 12.2. The van der Waals surface area contributed by atoms with Gasteiger partial charge in [0.2, 0.25) is 5.91 Å². The number of carbonyl (C=O) groups excluding carboxylic acids is 1. The molecule has 3 aromatic rings. The van der Waals surface area contributed by atoms with Gasteiger partial charge in [0.05, 0.1) is 11.3 Å². The molecule has 2 heterocycles. The molecule has 0 aliphatic carbocycles. The van der Waals surface area contributed by atoms with E-state index in [0.717, 1.165) is 28.1 Å². The Kier molecular flexibility index (Phi) is 4.44. The fourth-order valence-corrected chi connectivity index (χ4v) is 3.12. The van der Waals surface area contributed by atoms with Crippen molar-refractivity contribution in [3.05, 3.63) is 70.4 Å². The highest BCUT2D eigenvalue weighted by Crippen LogP contribution is 2.38. The molecule has 6 heteroatoms. The Morgan fingerprint density at radius 2 is 2.17 bits per heavy atom. The Hall–Kier alpha value is -2.53. The van der Waals surface area contributed by atoms with Gasteiger partial charge in [-0.2, -0.15) is 5.10 Å². The average Bonchev–Trinajstić information content (AvgIpc) is 3.23. The number of amides is 1. The van der Waals surface area contributed by atoms with E-state index in [1.165, 1.54) is 6.92 Å². The van der Waals surface area contributed by atoms with Crippen molar-refractivity contribution in [2.24, 2.45) is 0 Å². The molecule has 0 aliphatic rings. The molecule has 0 bridgehead atoms. The van der Waals surface area contributed by atoms with Crippen LogP contribution in [0.4, 0.5) is 5.69 Å². The highest BCUT2D eigenvalue weighted by atomic mass is 35.5. The summed E-state index contributed by atoms with van der Waals surface area (Å²) in [5.74, 6) is 0.617. The van der Waals surface area contributed by atoms with E-state index in [2.05, 4.69) is 10.4 Å². The molecule has 0 radical (unpaired) electrons. The molecule has 0 saturated carbocycles. The van der Waals surface area contributed by atoms with Crippen LogP contribution in [0.15, 0.2) is 47.3 Å². The van der Waals surface area contributed by atoms with E-state index < -0.39 is 0 Å². The first-order chi connectivity index (χ1) is 11.5. The maximum atomic E-state index is 11.4. The zero-order valence-corrected chi connectivity index (χ0v) is 14.5. The number of aryl methyl sites for hydroxylation is 1. The van der Waals surface area contributed by atoms with Crippen molar-refractivity contribution in [3.63, 3.8) is 0 Å². The number of nitrogens with one attached hydrogen (secondary N) is 1. The Bertz CT molecular complexity index is 821. The van der Waals surface area contributed by atoms with E-state index >= 15 is 0 Å². The first-order valence-electron chi connectivity index (χ1n) is 7.58. The van der Waals surface area contributed by atoms with Gasteiger partial charge in [-0.15, -0.1) is 0 Å². The Balaban J connectivity index is 2.18. The molecule has 124 valence electrons. The highest BCUT2D eigenvalue weighted by molar-refractivity contribution is 6.32. The number of rotatable bonds is 4. The molecule has 1 N–H and O–H groups in total. The predicted octanol–water partition coefficient (Wildman–Crippen LogP) is 4.34. The van der Waals surface area contributed by atoms with Gasteiger partial charge >= 0.3 is 0 Å². The number of anilines is 1. The molecule has 1 aromatic carbocycles. The van der Waals surface area contributed by atoms with Crippen molar-refractivity contribution in [1.29, 1.82) is 0 Å². The lowest BCUT2D eigenvalue weighted by atomic mass is 9.97. The van der Waals surface area contributed by atoms with Gasteiger partial charge in [-0.05, 0) is 49.2 Å². The van der Waals surface area contributed by atoms with E-state index in [1.807, 2.05) is 44.3 Å². The SMILES string of the molecule is CC(=O)Nc1c(C)cc(C(c2ccco2)n2cccn2)c(Cl)c1C. The minimum absolute atomic E-state index is 0.125. The summed E-state index contributed by atoms with van der Waals surface area (Å²) in [7, 11) is 0. The Morgan fingerprint density at radius 1 is 1.38 bits per heavy atom. The number of hydrogen-bond donors (Lipinski definition) is 1. The molecule has 5 nitrogen and oxygen atoms in total. The quantitative estimate of drug-likeness (QED) is 0.766. The van der Waals surface area contributed by atoms with E-state index in [9.17, 15) is 4.79 Å². The van der Waals surface area contributed by atoms with Gasteiger partial charge in [0.15, 0.2) is 0 Å². The maximum absolute atomic E-state index is 11.4. The summed E-state index contributed by atoms with van der Waals surface area (Å²) in [4.78, 5) is 11.4. The number of halogens is 1. The topological polar surface area (TPSA) is 60.1 Å². The Morgan fingerprint density at radius 3 is 2.75 bits per heavy atom. The molecular formula is C18H18ClN3O2. The Labute approximate surface area is 145 Å². The third kappa shape index (κ3) is 2.95. The van der Waals surface area contributed by atoms with Crippen molar-refractivity contribution >= 4 is 23.2 Å². The summed E-state index contributed by atoms with van der Waals surface area (Å²) in [6, 6.07) is 7.29. The van der Waals surface area contributed by atoms with Crippen molar-refractivity contribution in [2.45, 2.75) is 26.8 Å². The zero-order chi connectivity index (χ0) is 17.3. The lowest BCUT2D eigenvalue weighted by Gasteiger charge is -2.21. The molecule has 24 heavy (non-hydrogen) atoms. The summed E-state index contributed by atoms with van der Waals surface area (Å²) in [5, 5.41) is 7.78. The monoisotopic (exact) mass is 343 g/mol. The number of furan rings is 1. The number of carbonyl (C=O) groups is 1. The second-order valence-corrected chi connectivity index (χ2v) is 6.06. The van der Waals surface area contributed by atoms with E-state index in [4.69, 9.17) is 16.0 Å². The van der Waals surface area contributed by atoms with Gasteiger partial charge in [-0.25, -0.2) is 0 Å². The lowest BCUT2D eigenvalue weighted by molar-refractivity contribution is -0.114. The molecule has 0 spiro atoms. The average molecular weight is 344 g/mol. The molecule has 2 aromatic heterocycles. The van der Waals surface area contributed by atoms with E-state index in [-0.39, 0.29) is 11.9 Å². The van der Waals surface area contributed by atoms with Gasteiger partial charge in [0, 0.05) is 30.6 Å². The van der Waals surface area contributed by atoms with Gasteiger partial charge < -0.3 is 9.73 Å². The van der Waals surface area contributed by atoms with Crippen LogP contribution >= 0.6 is 11.6 Å². The van der Waals surface area contributed by atoms with Crippen molar-refractivity contribution in [1.82, 2.24) is 9.78 Å². The van der Waals surface area contributed by atoms with Crippen molar-refractivity contribution in [3.8, 4) is 0 Å². The van der Waals surface area contributed by atoms with Crippen molar-refractivity contribution < 1.29 is 9.21 Å². The molecule has 1 unspecified atom stereocenters. The van der Waals surface area contributed by atoms with Gasteiger partial charge in [0.1, 0.15) is 11.8 Å². The fourth-order valence-electron chi connectivity index (χ4n) is 2.86. The lowest BCUT2D eigenvalue weighted by Crippen LogP contribution is -2.15. The molecule has 0 fully saturated rings. The largest absolute Gasteiger partial charge is 0.467 e. The summed E-state index contributed by atoms with van der Waals surface area (Å²) < 4.78 is 7.42. The number of aromatic nitrogens is 2. The molecular weight excluding hydrogens is 326 g/mol. The number of benzene rings is 1. The molecule has 0 saturated heterocycles. The first kappa shape index (κ1) is 16.3. The van der Waals surface area contributed by atoms with Crippen molar-refractivity contribution in [2.75, 3.05) is 5.32 Å². The van der Waals surface area contributed by atoms with Gasteiger partial charge in [-0.1, -0.05) is 11.6 Å². The molecule has 1 atom stereocenters. The van der Waals surface area contributed by atoms with Gasteiger partial charge in [0.25, 0.3) is 0 Å². The van der Waals surface area contributed by atoms with E-state index in [0.29, 0.717) is 5.02 Å². The van der Waals surface area contributed by atoms with Crippen LogP contribution in [0.2, 0.25) is 5.02 Å². The summed E-state index contributed by atoms with van der Waals surface area (Å²) >= 11 is 6.65. The van der Waals surface area contributed by atoms with Crippen LogP contribution in [-0.2, 0) is 4.79 Å². The highest BCUT2D eigenvalue weighted by Gasteiger charge is 2.25. The van der Waals surface area contributed by atoms with Crippen LogP contribution in [-0.4, -0.2) is 15.7 Å². The molecule has 0 aliphatic heterocycles. The maximum Gasteiger partial charge on any atom is 0.221 e. The van der Waals surface area contributed by atoms with Crippen LogP contribution in [0, 0.1) is 13.8 Å². The van der Waals surface area contributed by atoms with Crippen LogP contribution < -0.4 is 5.32 Å². The van der Waals surface area contributed by atoms with Gasteiger partial charge in [-0.3, -0.25) is 9.48 Å². The third-order valence-corrected chi connectivity index (χ3v) is 4.42. The number of nitrogens with zero attached hydrogens (tertiary/aromatic N) is 2. The summed E-state index contributed by atoms with van der Waals surface area (Å²) in [6.07, 6.45) is 5.22. The zero-order valence-electron chi connectivity index (χ0n) is 13.7. The second-order valence-electron chi connectivity index (χ2n) is 5.68. The second kappa shape index (κ2) is 6.53. The predicted molar refractivity (Wildman–Crippen MR) is 93.4 cm³/mol. The first-order valence-corrected chi connectivity index (χ1v) is 7.96.